The molecule has 0 bridgehead atoms. The summed E-state index contributed by atoms with van der Waals surface area (Å²) in [5.41, 5.74) is 3.60. The molecule has 0 radical (unpaired) electrons. The predicted octanol–water partition coefficient (Wildman–Crippen LogP) is 4.78. The van der Waals surface area contributed by atoms with Gasteiger partial charge in [0.25, 0.3) is 0 Å². The van der Waals surface area contributed by atoms with Crippen LogP contribution in [0.4, 0.5) is 17.1 Å². The second-order valence-corrected chi connectivity index (χ2v) is 8.25. The van der Waals surface area contributed by atoms with Gasteiger partial charge in [0.1, 0.15) is 6.54 Å². The maximum Gasteiger partial charge on any atom is 0.244 e. The number of hydrogen-bond donors (Lipinski definition) is 1. The molecule has 3 aromatic carbocycles. The molecule has 1 heterocycles. The largest absolute Gasteiger partial charge is 0.324 e. The number of nitrogens with one attached hydrogen (secondary N) is 1. The van der Waals surface area contributed by atoms with E-state index >= 15 is 0 Å². The summed E-state index contributed by atoms with van der Waals surface area (Å²) < 4.78 is 0. The van der Waals surface area contributed by atoms with Gasteiger partial charge in [-0.15, -0.1) is 0 Å². The summed E-state index contributed by atoms with van der Waals surface area (Å²) in [5.74, 6) is -0.920. The van der Waals surface area contributed by atoms with E-state index in [9.17, 15) is 14.4 Å². The van der Waals surface area contributed by atoms with Crippen LogP contribution in [0.25, 0.3) is 0 Å². The average Bonchev–Trinajstić information content (AvgIpc) is 3.27. The smallest absolute Gasteiger partial charge is 0.244 e. The molecular weight excluding hydrogens is 414 g/mol. The minimum atomic E-state index is -0.368. The van der Waals surface area contributed by atoms with Crippen molar-refractivity contribution in [3.05, 3.63) is 90.0 Å². The SMILES string of the molecule is O=C(CN1C(=O)C2CCCC2=Nc2ccccc21)Nc1ccccc1C(=O)c1ccccc1. The van der Waals surface area contributed by atoms with Gasteiger partial charge in [-0.1, -0.05) is 54.6 Å². The van der Waals surface area contributed by atoms with Gasteiger partial charge in [0.2, 0.25) is 11.8 Å². The molecule has 164 valence electrons. The van der Waals surface area contributed by atoms with E-state index in [0.29, 0.717) is 28.2 Å². The average molecular weight is 437 g/mol. The Morgan fingerprint density at radius 3 is 2.52 bits per heavy atom. The highest BCUT2D eigenvalue weighted by Crippen LogP contribution is 2.37. The summed E-state index contributed by atoms with van der Waals surface area (Å²) in [7, 11) is 0. The maximum atomic E-state index is 13.3. The Kier molecular flexibility index (Phi) is 5.57. The summed E-state index contributed by atoms with van der Waals surface area (Å²) in [5, 5.41) is 2.85. The highest BCUT2D eigenvalue weighted by Gasteiger charge is 2.37. The lowest BCUT2D eigenvalue weighted by Crippen LogP contribution is -2.42. The number of ketones is 1. The molecule has 6 heteroatoms. The molecule has 3 aromatic rings. The first-order valence-corrected chi connectivity index (χ1v) is 11.1. The molecular formula is C27H23N3O3. The van der Waals surface area contributed by atoms with E-state index in [1.165, 1.54) is 4.90 Å². The third-order valence-corrected chi connectivity index (χ3v) is 6.11. The van der Waals surface area contributed by atoms with E-state index < -0.39 is 0 Å². The number of fused-ring (bicyclic) bond motifs is 2. The zero-order valence-corrected chi connectivity index (χ0v) is 18.0. The number of amides is 2. The fourth-order valence-corrected chi connectivity index (χ4v) is 4.51. The second-order valence-electron chi connectivity index (χ2n) is 8.25. The van der Waals surface area contributed by atoms with E-state index in [-0.39, 0.29) is 30.1 Å². The van der Waals surface area contributed by atoms with Gasteiger partial charge >= 0.3 is 0 Å². The molecule has 5 rings (SSSR count). The minimum absolute atomic E-state index is 0.0972. The quantitative estimate of drug-likeness (QED) is 0.584. The molecule has 1 aliphatic carbocycles. The molecule has 1 atom stereocenters. The van der Waals surface area contributed by atoms with E-state index in [0.717, 1.165) is 25.0 Å². The minimum Gasteiger partial charge on any atom is -0.324 e. The lowest BCUT2D eigenvalue weighted by Gasteiger charge is -2.24. The lowest BCUT2D eigenvalue weighted by atomic mass is 10.0. The van der Waals surface area contributed by atoms with Crippen LogP contribution in [-0.2, 0) is 9.59 Å². The van der Waals surface area contributed by atoms with Gasteiger partial charge in [0.15, 0.2) is 5.78 Å². The van der Waals surface area contributed by atoms with Crippen LogP contribution in [0, 0.1) is 5.92 Å². The summed E-state index contributed by atoms with van der Waals surface area (Å²) in [6, 6.07) is 23.3. The Morgan fingerprint density at radius 1 is 0.939 bits per heavy atom. The van der Waals surface area contributed by atoms with Crippen molar-refractivity contribution in [2.45, 2.75) is 19.3 Å². The molecule has 0 saturated heterocycles. The summed E-state index contributed by atoms with van der Waals surface area (Å²) in [6.07, 6.45) is 2.48. The van der Waals surface area contributed by atoms with E-state index in [4.69, 9.17) is 4.99 Å². The first-order valence-electron chi connectivity index (χ1n) is 11.1. The maximum absolute atomic E-state index is 13.3. The van der Waals surface area contributed by atoms with Crippen molar-refractivity contribution in [2.75, 3.05) is 16.8 Å². The first-order chi connectivity index (χ1) is 16.1. The number of aliphatic imine (C=N–C) groups is 1. The Hall–Kier alpha value is -4.06. The molecule has 1 saturated carbocycles. The van der Waals surface area contributed by atoms with Gasteiger partial charge < -0.3 is 10.2 Å². The number of benzene rings is 3. The third kappa shape index (κ3) is 4.07. The molecule has 1 fully saturated rings. The Bertz CT molecular complexity index is 1270. The Labute approximate surface area is 192 Å². The van der Waals surface area contributed by atoms with Crippen molar-refractivity contribution in [2.24, 2.45) is 10.9 Å². The number of rotatable bonds is 5. The number of carbonyl (C=O) groups excluding carboxylic acids is 3. The summed E-state index contributed by atoms with van der Waals surface area (Å²) in [6.45, 7) is -0.150. The van der Waals surface area contributed by atoms with Gasteiger partial charge in [0, 0.05) is 16.8 Å². The van der Waals surface area contributed by atoms with E-state index in [2.05, 4.69) is 5.32 Å². The molecule has 2 amide bonds. The van der Waals surface area contributed by atoms with Crippen molar-refractivity contribution in [1.82, 2.24) is 0 Å². The molecule has 0 spiro atoms. The van der Waals surface area contributed by atoms with Crippen LogP contribution in [0.3, 0.4) is 0 Å². The van der Waals surface area contributed by atoms with Crippen molar-refractivity contribution in [1.29, 1.82) is 0 Å². The molecule has 33 heavy (non-hydrogen) atoms. The Balaban J connectivity index is 1.40. The highest BCUT2D eigenvalue weighted by atomic mass is 16.2. The third-order valence-electron chi connectivity index (χ3n) is 6.11. The summed E-state index contributed by atoms with van der Waals surface area (Å²) in [4.78, 5) is 45.7. The molecule has 6 nitrogen and oxygen atoms in total. The van der Waals surface area contributed by atoms with Crippen LogP contribution in [0.1, 0.15) is 35.2 Å². The fourth-order valence-electron chi connectivity index (χ4n) is 4.51. The van der Waals surface area contributed by atoms with Crippen molar-refractivity contribution in [3.63, 3.8) is 0 Å². The van der Waals surface area contributed by atoms with Gasteiger partial charge in [0.05, 0.1) is 23.0 Å². The van der Waals surface area contributed by atoms with Gasteiger partial charge in [-0.05, 0) is 43.5 Å². The van der Waals surface area contributed by atoms with Gasteiger partial charge in [-0.2, -0.15) is 0 Å². The predicted molar refractivity (Wildman–Crippen MR) is 128 cm³/mol. The summed E-state index contributed by atoms with van der Waals surface area (Å²) >= 11 is 0. The van der Waals surface area contributed by atoms with Crippen molar-refractivity contribution < 1.29 is 14.4 Å². The standard InChI is InChI=1S/C27H23N3O3/c31-25(29-21-13-5-4-11-19(21)26(32)18-9-2-1-3-10-18)17-30-24-16-7-6-14-23(24)28-22-15-8-12-20(22)27(30)33/h1-7,9-11,13-14,16,20H,8,12,15,17H2,(H,29,31). The van der Waals surface area contributed by atoms with Crippen LogP contribution in [0.5, 0.6) is 0 Å². The van der Waals surface area contributed by atoms with Crippen LogP contribution in [-0.4, -0.2) is 29.9 Å². The van der Waals surface area contributed by atoms with Crippen LogP contribution >= 0.6 is 0 Å². The zero-order chi connectivity index (χ0) is 22.8. The topological polar surface area (TPSA) is 78.8 Å². The first kappa shape index (κ1) is 20.8. The monoisotopic (exact) mass is 437 g/mol. The number of para-hydroxylation sites is 3. The molecule has 1 N–H and O–H groups in total. The molecule has 1 unspecified atom stereocenters. The number of anilines is 2. The normalized spacial score (nSPS) is 17.0. The van der Waals surface area contributed by atoms with Crippen LogP contribution < -0.4 is 10.2 Å². The lowest BCUT2D eigenvalue weighted by molar-refractivity contribution is -0.122. The molecule has 1 aliphatic heterocycles. The molecule has 0 aromatic heterocycles. The van der Waals surface area contributed by atoms with Gasteiger partial charge in [-0.25, -0.2) is 0 Å². The fraction of sp³-hybridized carbons (Fsp3) is 0.185. The van der Waals surface area contributed by atoms with E-state index in [1.807, 2.05) is 30.3 Å². The Morgan fingerprint density at radius 2 is 1.67 bits per heavy atom. The molecule has 2 aliphatic rings. The van der Waals surface area contributed by atoms with Crippen molar-refractivity contribution >= 4 is 40.4 Å². The van der Waals surface area contributed by atoms with Crippen molar-refractivity contribution in [3.8, 4) is 0 Å². The zero-order valence-electron chi connectivity index (χ0n) is 18.0. The number of hydrogen-bond acceptors (Lipinski definition) is 4. The highest BCUT2D eigenvalue weighted by molar-refractivity contribution is 6.18. The van der Waals surface area contributed by atoms with Gasteiger partial charge in [-0.3, -0.25) is 19.4 Å². The number of carbonyl (C=O) groups is 3. The van der Waals surface area contributed by atoms with Crippen LogP contribution in [0.2, 0.25) is 0 Å². The van der Waals surface area contributed by atoms with E-state index in [1.54, 1.807) is 48.5 Å². The van der Waals surface area contributed by atoms with Crippen LogP contribution in [0.15, 0.2) is 83.9 Å². The second kappa shape index (κ2) is 8.82. The number of nitrogens with zero attached hydrogens (tertiary/aromatic N) is 2.